The molecule has 1 heterocycles. The first-order valence-electron chi connectivity index (χ1n) is 10.5. The summed E-state index contributed by atoms with van der Waals surface area (Å²) in [6.07, 6.45) is 0.250. The fraction of sp³-hybridized carbons (Fsp3) is 0.360. The van der Waals surface area contributed by atoms with Gasteiger partial charge in [-0.25, -0.2) is 9.78 Å². The van der Waals surface area contributed by atoms with Gasteiger partial charge >= 0.3 is 5.97 Å². The summed E-state index contributed by atoms with van der Waals surface area (Å²) in [6.45, 7) is 8.40. The summed E-state index contributed by atoms with van der Waals surface area (Å²) < 4.78 is 17.2. The molecule has 0 aliphatic rings. The lowest BCUT2D eigenvalue weighted by Crippen LogP contribution is -2.26. The van der Waals surface area contributed by atoms with E-state index in [2.05, 4.69) is 4.98 Å². The van der Waals surface area contributed by atoms with Crippen molar-refractivity contribution in [2.75, 3.05) is 6.61 Å². The number of aromatic nitrogens is 1. The number of carboxylic acid groups (broad SMARTS) is 1. The third-order valence-electron chi connectivity index (χ3n) is 5.25. The van der Waals surface area contributed by atoms with E-state index in [4.69, 9.17) is 13.9 Å². The number of hydrogen-bond acceptors (Lipinski definition) is 5. The number of aryl methyl sites for hydroxylation is 3. The molecule has 0 aliphatic carbocycles. The SMILES string of the molecule is CCO[C@@H](Cc1ccc(OCc2nc(-c3ccccc3C)oc2C)cc1CC)C(=O)O. The molecule has 1 aromatic heterocycles. The number of ether oxygens (including phenoxy) is 2. The molecule has 0 fully saturated rings. The van der Waals surface area contributed by atoms with Crippen LogP contribution < -0.4 is 4.74 Å². The van der Waals surface area contributed by atoms with Gasteiger partial charge in [0.25, 0.3) is 0 Å². The van der Waals surface area contributed by atoms with Crippen molar-refractivity contribution in [1.29, 1.82) is 0 Å². The van der Waals surface area contributed by atoms with E-state index in [0.29, 0.717) is 31.3 Å². The number of carbonyl (C=O) groups is 1. The van der Waals surface area contributed by atoms with Crippen LogP contribution in [0.1, 0.15) is 42.0 Å². The van der Waals surface area contributed by atoms with Crippen LogP contribution in [0.15, 0.2) is 46.9 Å². The van der Waals surface area contributed by atoms with Gasteiger partial charge in [0.05, 0.1) is 0 Å². The molecule has 1 atom stereocenters. The molecule has 0 aliphatic heterocycles. The van der Waals surface area contributed by atoms with E-state index < -0.39 is 12.1 Å². The molecule has 0 saturated carbocycles. The molecule has 6 nitrogen and oxygen atoms in total. The average Bonchev–Trinajstić information content (AvgIpc) is 3.13. The molecule has 0 unspecified atom stereocenters. The minimum Gasteiger partial charge on any atom is -0.487 e. The van der Waals surface area contributed by atoms with Crippen LogP contribution in [-0.4, -0.2) is 28.8 Å². The Morgan fingerprint density at radius 2 is 1.90 bits per heavy atom. The first-order valence-corrected chi connectivity index (χ1v) is 10.5. The van der Waals surface area contributed by atoms with Gasteiger partial charge < -0.3 is 19.0 Å². The highest BCUT2D eigenvalue weighted by molar-refractivity contribution is 5.72. The van der Waals surface area contributed by atoms with Crippen LogP contribution in [0.3, 0.4) is 0 Å². The van der Waals surface area contributed by atoms with Crippen molar-refractivity contribution in [2.24, 2.45) is 0 Å². The number of rotatable bonds is 10. The van der Waals surface area contributed by atoms with Crippen molar-refractivity contribution in [2.45, 2.75) is 53.2 Å². The van der Waals surface area contributed by atoms with Gasteiger partial charge in [0, 0.05) is 18.6 Å². The Bertz CT molecular complexity index is 1040. The molecule has 0 amide bonds. The highest BCUT2D eigenvalue weighted by Gasteiger charge is 2.20. The molecule has 0 spiro atoms. The minimum atomic E-state index is -0.949. The van der Waals surface area contributed by atoms with Crippen LogP contribution >= 0.6 is 0 Å². The molecule has 3 aromatic rings. The zero-order chi connectivity index (χ0) is 22.4. The Morgan fingerprint density at radius 3 is 2.58 bits per heavy atom. The van der Waals surface area contributed by atoms with E-state index in [0.717, 1.165) is 40.1 Å². The van der Waals surface area contributed by atoms with Crippen molar-refractivity contribution in [3.8, 4) is 17.2 Å². The van der Waals surface area contributed by atoms with Gasteiger partial charge in [-0.1, -0.05) is 31.2 Å². The van der Waals surface area contributed by atoms with Crippen molar-refractivity contribution in [1.82, 2.24) is 4.98 Å². The van der Waals surface area contributed by atoms with Gasteiger partial charge in [-0.3, -0.25) is 0 Å². The van der Waals surface area contributed by atoms with Crippen LogP contribution in [0, 0.1) is 13.8 Å². The molecule has 0 radical (unpaired) electrons. The Morgan fingerprint density at radius 1 is 1.13 bits per heavy atom. The molecule has 3 rings (SSSR count). The Labute approximate surface area is 182 Å². The predicted molar refractivity (Wildman–Crippen MR) is 118 cm³/mol. The average molecular weight is 424 g/mol. The van der Waals surface area contributed by atoms with Crippen molar-refractivity contribution in [3.05, 3.63) is 70.6 Å². The summed E-state index contributed by atoms with van der Waals surface area (Å²) in [4.78, 5) is 16.0. The summed E-state index contributed by atoms with van der Waals surface area (Å²) >= 11 is 0. The monoisotopic (exact) mass is 423 g/mol. The molecule has 1 N–H and O–H groups in total. The first kappa shape index (κ1) is 22.6. The molecule has 0 bridgehead atoms. The smallest absolute Gasteiger partial charge is 0.333 e. The molecule has 2 aromatic carbocycles. The van der Waals surface area contributed by atoms with Crippen LogP contribution in [0.25, 0.3) is 11.5 Å². The second kappa shape index (κ2) is 10.3. The van der Waals surface area contributed by atoms with E-state index >= 15 is 0 Å². The standard InChI is InChI=1S/C25H29NO5/c1-5-18-13-20(12-11-19(18)14-23(25(27)28)29-6-2)30-15-22-17(4)31-24(26-22)21-10-8-7-9-16(21)3/h7-13,23H,5-6,14-15H2,1-4H3,(H,27,28)/t23-/m0/s1. The largest absolute Gasteiger partial charge is 0.487 e. The number of oxazole rings is 1. The zero-order valence-corrected chi connectivity index (χ0v) is 18.5. The fourth-order valence-corrected chi connectivity index (χ4v) is 3.48. The number of aliphatic carboxylic acids is 1. The topological polar surface area (TPSA) is 81.8 Å². The van der Waals surface area contributed by atoms with Gasteiger partial charge in [-0.15, -0.1) is 0 Å². The summed E-state index contributed by atoms with van der Waals surface area (Å²) in [6, 6.07) is 13.7. The maximum absolute atomic E-state index is 11.4. The molecule has 0 saturated heterocycles. The molecule has 164 valence electrons. The normalized spacial score (nSPS) is 12.0. The summed E-state index contributed by atoms with van der Waals surface area (Å²) in [5.74, 6) is 1.08. The lowest BCUT2D eigenvalue weighted by molar-refractivity contribution is -0.149. The van der Waals surface area contributed by atoms with E-state index in [1.54, 1.807) is 6.92 Å². The lowest BCUT2D eigenvalue weighted by atomic mass is 9.99. The van der Waals surface area contributed by atoms with Gasteiger partial charge in [-0.05, 0) is 62.1 Å². The first-order chi connectivity index (χ1) is 14.9. The third-order valence-corrected chi connectivity index (χ3v) is 5.25. The molecular weight excluding hydrogens is 394 g/mol. The fourth-order valence-electron chi connectivity index (χ4n) is 3.48. The quantitative estimate of drug-likeness (QED) is 0.487. The van der Waals surface area contributed by atoms with Crippen LogP contribution in [0.2, 0.25) is 0 Å². The highest BCUT2D eigenvalue weighted by Crippen LogP contribution is 2.26. The number of benzene rings is 2. The van der Waals surface area contributed by atoms with Crippen LogP contribution in [0.4, 0.5) is 0 Å². The van der Waals surface area contributed by atoms with Crippen molar-refractivity contribution in [3.63, 3.8) is 0 Å². The predicted octanol–water partition coefficient (Wildman–Crippen LogP) is 5.13. The molecule has 31 heavy (non-hydrogen) atoms. The van der Waals surface area contributed by atoms with E-state index in [-0.39, 0.29) is 0 Å². The lowest BCUT2D eigenvalue weighted by Gasteiger charge is -2.16. The Balaban J connectivity index is 1.72. The van der Waals surface area contributed by atoms with E-state index in [1.807, 2.05) is 63.2 Å². The van der Waals surface area contributed by atoms with Gasteiger partial charge in [0.1, 0.15) is 23.8 Å². The summed E-state index contributed by atoms with van der Waals surface area (Å²) in [5, 5.41) is 9.36. The highest BCUT2D eigenvalue weighted by atomic mass is 16.5. The summed E-state index contributed by atoms with van der Waals surface area (Å²) in [7, 11) is 0. The number of carboxylic acids is 1. The van der Waals surface area contributed by atoms with Crippen molar-refractivity contribution < 1.29 is 23.8 Å². The Hall–Kier alpha value is -3.12. The van der Waals surface area contributed by atoms with E-state index in [9.17, 15) is 9.90 Å². The second-order valence-corrected chi connectivity index (χ2v) is 7.40. The van der Waals surface area contributed by atoms with Crippen LogP contribution in [0.5, 0.6) is 5.75 Å². The van der Waals surface area contributed by atoms with Gasteiger partial charge in [-0.2, -0.15) is 0 Å². The summed E-state index contributed by atoms with van der Waals surface area (Å²) in [5.41, 5.74) is 4.82. The zero-order valence-electron chi connectivity index (χ0n) is 18.5. The number of hydrogen-bond donors (Lipinski definition) is 1. The Kier molecular flexibility index (Phi) is 7.47. The van der Waals surface area contributed by atoms with Crippen LogP contribution in [-0.2, 0) is 29.0 Å². The maximum atomic E-state index is 11.4. The second-order valence-electron chi connectivity index (χ2n) is 7.40. The van der Waals surface area contributed by atoms with Gasteiger partial charge in [0.2, 0.25) is 5.89 Å². The molecule has 6 heteroatoms. The van der Waals surface area contributed by atoms with E-state index in [1.165, 1.54) is 0 Å². The number of nitrogens with zero attached hydrogens (tertiary/aromatic N) is 1. The molecular formula is C25H29NO5. The van der Waals surface area contributed by atoms with Gasteiger partial charge in [0.15, 0.2) is 6.10 Å². The maximum Gasteiger partial charge on any atom is 0.333 e. The van der Waals surface area contributed by atoms with Crippen molar-refractivity contribution >= 4 is 5.97 Å². The minimum absolute atomic E-state index is 0.292. The third kappa shape index (κ3) is 5.52.